The van der Waals surface area contributed by atoms with E-state index in [2.05, 4.69) is 16.5 Å². The van der Waals surface area contributed by atoms with Crippen molar-refractivity contribution in [1.82, 2.24) is 9.78 Å². The number of methoxy groups -OCH3 is 2. The number of carbonyl (C=O) groups is 1. The van der Waals surface area contributed by atoms with Gasteiger partial charge in [0.15, 0.2) is 11.5 Å². The van der Waals surface area contributed by atoms with Crippen LogP contribution in [0.4, 0.5) is 5.82 Å². The Morgan fingerprint density at radius 3 is 2.60 bits per heavy atom. The second-order valence-corrected chi connectivity index (χ2v) is 6.93. The molecule has 0 saturated carbocycles. The van der Waals surface area contributed by atoms with Crippen LogP contribution in [0, 0.1) is 0 Å². The van der Waals surface area contributed by atoms with Gasteiger partial charge in [-0.25, -0.2) is 4.68 Å². The van der Waals surface area contributed by atoms with Crippen LogP contribution in [-0.4, -0.2) is 29.9 Å². The molecule has 0 aliphatic carbocycles. The van der Waals surface area contributed by atoms with E-state index in [1.165, 1.54) is 0 Å². The molecule has 0 bridgehead atoms. The SMILES string of the molecule is COc1cccc(Cn2nccc2NC(=O)Cc2ccc3ccccc3c2)c1OC. The van der Waals surface area contributed by atoms with Crippen molar-refractivity contribution in [2.24, 2.45) is 0 Å². The van der Waals surface area contributed by atoms with E-state index in [1.807, 2.05) is 54.6 Å². The van der Waals surface area contributed by atoms with Crippen molar-refractivity contribution in [3.63, 3.8) is 0 Å². The Labute approximate surface area is 175 Å². The number of nitrogens with zero attached hydrogens (tertiary/aromatic N) is 2. The van der Waals surface area contributed by atoms with Crippen LogP contribution < -0.4 is 14.8 Å². The average molecular weight is 401 g/mol. The van der Waals surface area contributed by atoms with E-state index in [0.717, 1.165) is 21.9 Å². The minimum absolute atomic E-state index is 0.0929. The van der Waals surface area contributed by atoms with Gasteiger partial charge in [0.1, 0.15) is 5.82 Å². The summed E-state index contributed by atoms with van der Waals surface area (Å²) in [5, 5.41) is 9.59. The Morgan fingerprint density at radius 2 is 1.80 bits per heavy atom. The predicted molar refractivity (Wildman–Crippen MR) is 117 cm³/mol. The number of nitrogens with one attached hydrogen (secondary N) is 1. The highest BCUT2D eigenvalue weighted by atomic mass is 16.5. The molecule has 6 nitrogen and oxygen atoms in total. The number of hydrogen-bond acceptors (Lipinski definition) is 4. The summed E-state index contributed by atoms with van der Waals surface area (Å²) in [6, 6.07) is 21.7. The van der Waals surface area contributed by atoms with Crippen LogP contribution in [0.2, 0.25) is 0 Å². The van der Waals surface area contributed by atoms with Crippen molar-refractivity contribution in [1.29, 1.82) is 0 Å². The fourth-order valence-corrected chi connectivity index (χ4v) is 3.53. The summed E-state index contributed by atoms with van der Waals surface area (Å²) in [4.78, 5) is 12.6. The van der Waals surface area contributed by atoms with Gasteiger partial charge in [0.05, 0.1) is 33.4 Å². The maximum Gasteiger partial charge on any atom is 0.229 e. The van der Waals surface area contributed by atoms with Gasteiger partial charge in [-0.15, -0.1) is 0 Å². The second-order valence-electron chi connectivity index (χ2n) is 6.93. The molecule has 0 unspecified atom stereocenters. The Bertz CT molecular complexity index is 1180. The molecule has 1 aromatic heterocycles. The molecule has 0 aliphatic rings. The molecule has 30 heavy (non-hydrogen) atoms. The number of ether oxygens (including phenoxy) is 2. The van der Waals surface area contributed by atoms with E-state index >= 15 is 0 Å². The van der Waals surface area contributed by atoms with E-state index in [-0.39, 0.29) is 5.91 Å². The fourth-order valence-electron chi connectivity index (χ4n) is 3.53. The molecule has 6 heteroatoms. The van der Waals surface area contributed by atoms with E-state index in [9.17, 15) is 4.79 Å². The Kier molecular flexibility index (Phi) is 5.66. The number of amides is 1. The summed E-state index contributed by atoms with van der Waals surface area (Å²) in [5.41, 5.74) is 1.87. The normalized spacial score (nSPS) is 10.7. The van der Waals surface area contributed by atoms with Crippen molar-refractivity contribution >= 4 is 22.5 Å². The molecule has 1 amide bonds. The molecule has 1 heterocycles. The average Bonchev–Trinajstić information content (AvgIpc) is 3.19. The molecule has 4 rings (SSSR count). The number of hydrogen-bond donors (Lipinski definition) is 1. The largest absolute Gasteiger partial charge is 0.493 e. The molecular weight excluding hydrogens is 378 g/mol. The van der Waals surface area contributed by atoms with Gasteiger partial charge in [0, 0.05) is 11.6 Å². The third-order valence-corrected chi connectivity index (χ3v) is 4.97. The molecule has 152 valence electrons. The van der Waals surface area contributed by atoms with Gasteiger partial charge < -0.3 is 14.8 Å². The van der Waals surface area contributed by atoms with Crippen molar-refractivity contribution in [2.45, 2.75) is 13.0 Å². The first-order valence-corrected chi connectivity index (χ1v) is 9.67. The molecule has 0 atom stereocenters. The summed E-state index contributed by atoms with van der Waals surface area (Å²) in [6.07, 6.45) is 1.96. The predicted octanol–water partition coefficient (Wildman–Crippen LogP) is 4.28. The zero-order valence-electron chi connectivity index (χ0n) is 17.0. The van der Waals surface area contributed by atoms with Gasteiger partial charge in [-0.05, 0) is 22.4 Å². The van der Waals surface area contributed by atoms with Gasteiger partial charge in [0.2, 0.25) is 5.91 Å². The molecule has 4 aromatic rings. The van der Waals surface area contributed by atoms with Gasteiger partial charge in [-0.2, -0.15) is 5.10 Å². The number of fused-ring (bicyclic) bond motifs is 1. The van der Waals surface area contributed by atoms with Crippen molar-refractivity contribution in [3.05, 3.63) is 84.1 Å². The molecule has 1 N–H and O–H groups in total. The minimum Gasteiger partial charge on any atom is -0.493 e. The monoisotopic (exact) mass is 401 g/mol. The molecule has 3 aromatic carbocycles. The maximum atomic E-state index is 12.6. The lowest BCUT2D eigenvalue weighted by Gasteiger charge is -2.14. The van der Waals surface area contributed by atoms with Crippen LogP contribution in [0.25, 0.3) is 10.8 Å². The Morgan fingerprint density at radius 1 is 0.967 bits per heavy atom. The summed E-state index contributed by atoms with van der Waals surface area (Å²) < 4.78 is 12.6. The lowest BCUT2D eigenvalue weighted by Crippen LogP contribution is -2.18. The third-order valence-electron chi connectivity index (χ3n) is 4.97. The molecule has 0 spiro atoms. The van der Waals surface area contributed by atoms with E-state index in [0.29, 0.717) is 30.3 Å². The van der Waals surface area contributed by atoms with Crippen LogP contribution in [0.15, 0.2) is 72.9 Å². The topological polar surface area (TPSA) is 65.4 Å². The van der Waals surface area contributed by atoms with E-state index in [1.54, 1.807) is 31.2 Å². The summed E-state index contributed by atoms with van der Waals surface area (Å²) in [5.74, 6) is 1.85. The second kappa shape index (κ2) is 8.69. The zero-order chi connectivity index (χ0) is 20.9. The molecule has 0 fully saturated rings. The number of para-hydroxylation sites is 1. The van der Waals surface area contributed by atoms with Crippen LogP contribution in [0.1, 0.15) is 11.1 Å². The van der Waals surface area contributed by atoms with Crippen LogP contribution in [0.3, 0.4) is 0 Å². The Balaban J connectivity index is 1.49. The molecule has 0 aliphatic heterocycles. The highest BCUT2D eigenvalue weighted by molar-refractivity contribution is 5.92. The van der Waals surface area contributed by atoms with Gasteiger partial charge in [-0.1, -0.05) is 54.6 Å². The Hall–Kier alpha value is -3.80. The first-order chi connectivity index (χ1) is 14.7. The number of anilines is 1. The molecule has 0 radical (unpaired) electrons. The van der Waals surface area contributed by atoms with Crippen LogP contribution >= 0.6 is 0 Å². The number of benzene rings is 3. The van der Waals surface area contributed by atoms with Crippen LogP contribution in [0.5, 0.6) is 11.5 Å². The zero-order valence-corrected chi connectivity index (χ0v) is 17.0. The summed E-state index contributed by atoms with van der Waals surface area (Å²) in [7, 11) is 3.21. The summed E-state index contributed by atoms with van der Waals surface area (Å²) >= 11 is 0. The standard InChI is InChI=1S/C24H23N3O3/c1-29-21-9-5-8-20(24(21)30-2)16-27-22(12-13-25-27)26-23(28)15-17-10-11-18-6-3-4-7-19(18)14-17/h3-14H,15-16H2,1-2H3,(H,26,28). The van der Waals surface area contributed by atoms with E-state index < -0.39 is 0 Å². The molecular formula is C24H23N3O3. The lowest BCUT2D eigenvalue weighted by molar-refractivity contribution is -0.115. The van der Waals surface area contributed by atoms with E-state index in [4.69, 9.17) is 9.47 Å². The molecule has 0 saturated heterocycles. The van der Waals surface area contributed by atoms with Crippen molar-refractivity contribution in [3.8, 4) is 11.5 Å². The quantitative estimate of drug-likeness (QED) is 0.502. The smallest absolute Gasteiger partial charge is 0.229 e. The van der Waals surface area contributed by atoms with Gasteiger partial charge in [-0.3, -0.25) is 4.79 Å². The first kappa shape index (κ1) is 19.5. The van der Waals surface area contributed by atoms with Crippen molar-refractivity contribution in [2.75, 3.05) is 19.5 Å². The summed E-state index contributed by atoms with van der Waals surface area (Å²) in [6.45, 7) is 0.443. The number of aromatic nitrogens is 2. The maximum absolute atomic E-state index is 12.6. The van der Waals surface area contributed by atoms with Crippen molar-refractivity contribution < 1.29 is 14.3 Å². The minimum atomic E-state index is -0.0929. The fraction of sp³-hybridized carbons (Fsp3) is 0.167. The number of carbonyl (C=O) groups excluding carboxylic acids is 1. The first-order valence-electron chi connectivity index (χ1n) is 9.67. The lowest BCUT2D eigenvalue weighted by atomic mass is 10.1. The highest BCUT2D eigenvalue weighted by Crippen LogP contribution is 2.31. The number of rotatable bonds is 7. The van der Waals surface area contributed by atoms with Gasteiger partial charge >= 0.3 is 0 Å². The van der Waals surface area contributed by atoms with Gasteiger partial charge in [0.25, 0.3) is 0 Å². The highest BCUT2D eigenvalue weighted by Gasteiger charge is 2.13. The third kappa shape index (κ3) is 4.12. The van der Waals surface area contributed by atoms with Crippen LogP contribution in [-0.2, 0) is 17.8 Å².